The Kier molecular flexibility index (Phi) is 10.7. The van der Waals surface area contributed by atoms with E-state index < -0.39 is 11.9 Å². The van der Waals surface area contributed by atoms with Crippen LogP contribution in [-0.4, -0.2) is 46.3 Å². The van der Waals surface area contributed by atoms with E-state index >= 15 is 0 Å². The van der Waals surface area contributed by atoms with Gasteiger partial charge in [-0.05, 0) is 62.5 Å². The van der Waals surface area contributed by atoms with Crippen molar-refractivity contribution in [2.45, 2.75) is 52.1 Å². The van der Waals surface area contributed by atoms with Gasteiger partial charge in [0.2, 0.25) is 0 Å². The fourth-order valence-corrected chi connectivity index (χ4v) is 4.96. The molecule has 0 saturated heterocycles. The van der Waals surface area contributed by atoms with Crippen molar-refractivity contribution in [3.05, 3.63) is 63.5 Å². The van der Waals surface area contributed by atoms with Gasteiger partial charge in [-0.15, -0.1) is 11.3 Å². The van der Waals surface area contributed by atoms with Gasteiger partial charge in [0.15, 0.2) is 5.13 Å². The number of carboxylic acid groups (broad SMARTS) is 2. The number of nitrogens with one attached hydrogen (secondary N) is 3. The molecule has 198 valence electrons. The largest absolute Gasteiger partial charge is 0.481 e. The zero-order valence-corrected chi connectivity index (χ0v) is 22.6. The van der Waals surface area contributed by atoms with Gasteiger partial charge in [-0.25, -0.2) is 4.98 Å². The molecule has 0 unspecified atom stereocenters. The van der Waals surface area contributed by atoms with Crippen molar-refractivity contribution >= 4 is 45.7 Å². The molecule has 0 atom stereocenters. The molecule has 37 heavy (non-hydrogen) atoms. The number of carbonyl (C=O) groups is 2. The normalized spacial score (nSPS) is 12.6. The van der Waals surface area contributed by atoms with Crippen LogP contribution in [0.1, 0.15) is 43.4 Å². The van der Waals surface area contributed by atoms with Crippen LogP contribution in [0.15, 0.2) is 41.8 Å². The summed E-state index contributed by atoms with van der Waals surface area (Å²) in [4.78, 5) is 24.0. The lowest BCUT2D eigenvalue weighted by atomic mass is 10.0. The summed E-state index contributed by atoms with van der Waals surface area (Å²) in [7, 11) is 0. The van der Waals surface area contributed by atoms with Crippen LogP contribution in [0.3, 0.4) is 0 Å². The van der Waals surface area contributed by atoms with Gasteiger partial charge in [0.25, 0.3) is 0 Å². The standard InChI is InChI=1S/C23H27ClN4S.C4H6O4/c1-15(2)27-23-28-21(14-29-23)18-5-3-16(4-6-18)13-26-22-19-10-12-25-11-9-17(19)7-8-20(22)24;5-3(6)1-2-4(7)8/h3-8,14-15,25-26H,9-13H2,1-2H3,(H,27,28);1-2H2,(H,5,6)(H,7,8). The van der Waals surface area contributed by atoms with Crippen LogP contribution < -0.4 is 16.0 Å². The van der Waals surface area contributed by atoms with Crippen molar-refractivity contribution < 1.29 is 19.8 Å². The van der Waals surface area contributed by atoms with Crippen LogP contribution in [0.5, 0.6) is 0 Å². The maximum Gasteiger partial charge on any atom is 0.303 e. The number of aliphatic carboxylic acids is 2. The Labute approximate surface area is 226 Å². The number of rotatable bonds is 9. The SMILES string of the molecule is CC(C)Nc1nc(-c2ccc(CNc3c(Cl)ccc4c3CCNCC4)cc2)cs1.O=C(O)CCC(=O)O. The van der Waals surface area contributed by atoms with E-state index in [-0.39, 0.29) is 12.8 Å². The zero-order chi connectivity index (χ0) is 26.8. The smallest absolute Gasteiger partial charge is 0.303 e. The fraction of sp³-hybridized carbons (Fsp3) is 0.370. The number of carboxylic acids is 2. The predicted octanol–water partition coefficient (Wildman–Crippen LogP) is 5.52. The zero-order valence-electron chi connectivity index (χ0n) is 21.0. The van der Waals surface area contributed by atoms with Gasteiger partial charge < -0.3 is 26.2 Å². The van der Waals surface area contributed by atoms with Gasteiger partial charge in [-0.3, -0.25) is 9.59 Å². The first-order valence-corrected chi connectivity index (χ1v) is 13.5. The summed E-state index contributed by atoms with van der Waals surface area (Å²) in [5.41, 5.74) is 7.21. The average Bonchev–Trinajstić information content (AvgIpc) is 3.18. The van der Waals surface area contributed by atoms with Gasteiger partial charge >= 0.3 is 11.9 Å². The second-order valence-electron chi connectivity index (χ2n) is 8.98. The van der Waals surface area contributed by atoms with Gasteiger partial charge in [0.1, 0.15) is 0 Å². The average molecular weight is 545 g/mol. The molecule has 0 fully saturated rings. The summed E-state index contributed by atoms with van der Waals surface area (Å²) in [6.07, 6.45) is 1.47. The topological polar surface area (TPSA) is 124 Å². The van der Waals surface area contributed by atoms with Crippen LogP contribution in [0, 0.1) is 0 Å². The van der Waals surface area contributed by atoms with Gasteiger partial charge in [-0.1, -0.05) is 41.9 Å². The third kappa shape index (κ3) is 9.03. The van der Waals surface area contributed by atoms with E-state index in [9.17, 15) is 9.59 Å². The van der Waals surface area contributed by atoms with Crippen LogP contribution in [0.2, 0.25) is 5.02 Å². The summed E-state index contributed by atoms with van der Waals surface area (Å²) >= 11 is 8.17. The van der Waals surface area contributed by atoms with E-state index in [2.05, 4.69) is 70.5 Å². The minimum Gasteiger partial charge on any atom is -0.481 e. The number of halogens is 1. The molecule has 3 aromatic rings. The van der Waals surface area contributed by atoms with Crippen molar-refractivity contribution in [2.24, 2.45) is 0 Å². The number of nitrogens with zero attached hydrogens (tertiary/aromatic N) is 1. The highest BCUT2D eigenvalue weighted by molar-refractivity contribution is 7.14. The molecule has 0 amide bonds. The molecule has 0 bridgehead atoms. The van der Waals surface area contributed by atoms with Crippen LogP contribution >= 0.6 is 22.9 Å². The van der Waals surface area contributed by atoms with Crippen LogP contribution in [0.25, 0.3) is 11.3 Å². The molecule has 0 aliphatic carbocycles. The lowest BCUT2D eigenvalue weighted by Gasteiger charge is -2.16. The number of fused-ring (bicyclic) bond motifs is 1. The van der Waals surface area contributed by atoms with Gasteiger partial charge in [0.05, 0.1) is 29.2 Å². The minimum absolute atomic E-state index is 0.296. The maximum absolute atomic E-state index is 9.64. The highest BCUT2D eigenvalue weighted by atomic mass is 35.5. The Balaban J connectivity index is 0.000000414. The quantitative estimate of drug-likeness (QED) is 0.238. The first-order chi connectivity index (χ1) is 17.7. The molecule has 1 aliphatic rings. The Hall–Kier alpha value is -3.14. The number of hydrogen-bond acceptors (Lipinski definition) is 7. The van der Waals surface area contributed by atoms with Crippen LogP contribution in [-0.2, 0) is 29.0 Å². The molecule has 1 aliphatic heterocycles. The van der Waals surface area contributed by atoms with Crippen molar-refractivity contribution in [3.8, 4) is 11.3 Å². The second kappa shape index (κ2) is 14.0. The number of benzene rings is 2. The molecule has 5 N–H and O–H groups in total. The third-order valence-electron chi connectivity index (χ3n) is 5.67. The van der Waals surface area contributed by atoms with E-state index in [1.165, 1.54) is 16.7 Å². The third-order valence-corrected chi connectivity index (χ3v) is 6.76. The number of aromatic nitrogens is 1. The molecule has 0 spiro atoms. The van der Waals surface area contributed by atoms with E-state index in [1.54, 1.807) is 11.3 Å². The van der Waals surface area contributed by atoms with Crippen molar-refractivity contribution in [1.82, 2.24) is 10.3 Å². The Bertz CT molecular complexity index is 1180. The molecule has 10 heteroatoms. The van der Waals surface area contributed by atoms with E-state index in [4.69, 9.17) is 21.8 Å². The summed E-state index contributed by atoms with van der Waals surface area (Å²) in [6, 6.07) is 13.2. The maximum atomic E-state index is 9.64. The van der Waals surface area contributed by atoms with Crippen molar-refractivity contribution in [1.29, 1.82) is 0 Å². The molecular weight excluding hydrogens is 512 g/mol. The predicted molar refractivity (Wildman–Crippen MR) is 150 cm³/mol. The highest BCUT2D eigenvalue weighted by Gasteiger charge is 2.14. The van der Waals surface area contributed by atoms with Crippen LogP contribution in [0.4, 0.5) is 10.8 Å². The highest BCUT2D eigenvalue weighted by Crippen LogP contribution is 2.31. The lowest BCUT2D eigenvalue weighted by molar-refractivity contribution is -0.143. The Morgan fingerprint density at radius 3 is 2.38 bits per heavy atom. The molecular formula is C27H33ClN4O4S. The Morgan fingerprint density at radius 1 is 1.05 bits per heavy atom. The fourth-order valence-electron chi connectivity index (χ4n) is 3.85. The molecule has 2 heterocycles. The van der Waals surface area contributed by atoms with Gasteiger partial charge in [0, 0.05) is 23.5 Å². The van der Waals surface area contributed by atoms with Crippen molar-refractivity contribution in [2.75, 3.05) is 23.7 Å². The monoisotopic (exact) mass is 544 g/mol. The summed E-state index contributed by atoms with van der Waals surface area (Å²) in [6.45, 7) is 7.02. The van der Waals surface area contributed by atoms with Crippen molar-refractivity contribution in [3.63, 3.8) is 0 Å². The van der Waals surface area contributed by atoms with E-state index in [0.29, 0.717) is 6.04 Å². The summed E-state index contributed by atoms with van der Waals surface area (Å²) < 4.78 is 0. The Morgan fingerprint density at radius 2 is 1.73 bits per heavy atom. The molecule has 8 nitrogen and oxygen atoms in total. The molecule has 0 radical (unpaired) electrons. The molecule has 2 aromatic carbocycles. The molecule has 1 aromatic heterocycles. The van der Waals surface area contributed by atoms with E-state index in [1.807, 2.05) is 6.07 Å². The lowest BCUT2D eigenvalue weighted by Crippen LogP contribution is -2.16. The number of hydrogen-bond donors (Lipinski definition) is 5. The van der Waals surface area contributed by atoms with Gasteiger partial charge in [-0.2, -0.15) is 0 Å². The van der Waals surface area contributed by atoms with E-state index in [0.717, 1.165) is 59.6 Å². The number of thiazole rings is 1. The summed E-state index contributed by atoms with van der Waals surface area (Å²) in [5, 5.41) is 30.1. The summed E-state index contributed by atoms with van der Waals surface area (Å²) in [5.74, 6) is -2.15. The molecule has 0 saturated carbocycles. The number of anilines is 2. The minimum atomic E-state index is -1.08. The second-order valence-corrected chi connectivity index (χ2v) is 10.3. The first kappa shape index (κ1) is 28.4. The molecule has 4 rings (SSSR count). The first-order valence-electron chi connectivity index (χ1n) is 12.2.